The van der Waals surface area contributed by atoms with Crippen LogP contribution in [0.4, 0.5) is 5.69 Å². The monoisotopic (exact) mass is 499 g/mol. The number of aromatic nitrogens is 2. The fourth-order valence-corrected chi connectivity index (χ4v) is 4.88. The maximum Gasteiger partial charge on any atom is 0.298 e. The number of para-hydroxylation sites is 1. The van der Waals surface area contributed by atoms with Crippen LogP contribution in [-0.2, 0) is 11.3 Å². The Morgan fingerprint density at radius 2 is 1.86 bits per heavy atom. The molecule has 0 atom stereocenters. The molecule has 0 unspecified atom stereocenters. The lowest BCUT2D eigenvalue weighted by Crippen LogP contribution is -2.24. The highest BCUT2D eigenvalue weighted by Crippen LogP contribution is 2.33. The molecule has 5 aromatic rings. The van der Waals surface area contributed by atoms with Gasteiger partial charge in [0.25, 0.3) is 5.56 Å². The molecule has 1 N–H and O–H groups in total. The number of nitrogens with one attached hydrogen (secondary N) is 1. The number of ether oxygens (including phenoxy) is 2. The molecule has 1 amide bonds. The Bertz CT molecular complexity index is 1670. The second-order valence-corrected chi connectivity index (χ2v) is 9.39. The Morgan fingerprint density at radius 1 is 1.06 bits per heavy atom. The largest absolute Gasteiger partial charge is 0.454 e. The van der Waals surface area contributed by atoms with Crippen molar-refractivity contribution in [2.24, 2.45) is 0 Å². The summed E-state index contributed by atoms with van der Waals surface area (Å²) in [5.74, 6) is 1.19. The van der Waals surface area contributed by atoms with E-state index in [9.17, 15) is 9.59 Å². The highest BCUT2D eigenvalue weighted by molar-refractivity contribution is 7.99. The molecule has 0 bridgehead atoms. The summed E-state index contributed by atoms with van der Waals surface area (Å²) in [7, 11) is 0. The SMILES string of the molecule is Cc1ccc(NC(=O)CSc2nc3c(oc4ccccc43)c(=O)n2Cc2ccc3c(c2)OCO3)cc1. The van der Waals surface area contributed by atoms with Gasteiger partial charge < -0.3 is 19.2 Å². The standard InChI is InChI=1S/C27H21N3O5S/c1-16-6-9-18(10-7-16)28-23(31)14-36-27-29-24-19-4-2-3-5-20(19)35-25(24)26(32)30(27)13-17-8-11-21-22(12-17)34-15-33-21/h2-12H,13-15H2,1H3,(H,28,31). The van der Waals surface area contributed by atoms with Crippen LogP contribution < -0.4 is 20.3 Å². The van der Waals surface area contributed by atoms with E-state index in [1.807, 2.05) is 67.6 Å². The van der Waals surface area contributed by atoms with Crippen molar-refractivity contribution in [1.29, 1.82) is 0 Å². The van der Waals surface area contributed by atoms with Gasteiger partial charge in [0.1, 0.15) is 11.1 Å². The summed E-state index contributed by atoms with van der Waals surface area (Å²) in [5, 5.41) is 4.07. The molecule has 6 rings (SSSR count). The average Bonchev–Trinajstić information content (AvgIpc) is 3.50. The van der Waals surface area contributed by atoms with Gasteiger partial charge in [-0.25, -0.2) is 4.98 Å². The number of thioether (sulfide) groups is 1. The summed E-state index contributed by atoms with van der Waals surface area (Å²) in [5.41, 5.74) is 3.61. The maximum absolute atomic E-state index is 13.6. The third-order valence-electron chi connectivity index (χ3n) is 5.89. The number of anilines is 1. The number of fused-ring (bicyclic) bond motifs is 4. The second kappa shape index (κ2) is 9.09. The van der Waals surface area contributed by atoms with Gasteiger partial charge in [-0.1, -0.05) is 47.7 Å². The Hall–Kier alpha value is -4.24. The first kappa shape index (κ1) is 22.2. The quantitative estimate of drug-likeness (QED) is 0.261. The van der Waals surface area contributed by atoms with E-state index in [1.165, 1.54) is 16.3 Å². The predicted molar refractivity (Wildman–Crippen MR) is 138 cm³/mol. The number of carbonyl (C=O) groups is 1. The zero-order chi connectivity index (χ0) is 24.6. The highest BCUT2D eigenvalue weighted by Gasteiger charge is 2.20. The van der Waals surface area contributed by atoms with Crippen molar-refractivity contribution in [3.63, 3.8) is 0 Å². The van der Waals surface area contributed by atoms with Crippen LogP contribution in [0.2, 0.25) is 0 Å². The lowest BCUT2D eigenvalue weighted by molar-refractivity contribution is -0.113. The van der Waals surface area contributed by atoms with Gasteiger partial charge in [0.15, 0.2) is 16.7 Å². The number of hydrogen-bond donors (Lipinski definition) is 1. The van der Waals surface area contributed by atoms with Crippen LogP contribution in [0.1, 0.15) is 11.1 Å². The molecular weight excluding hydrogens is 478 g/mol. The molecule has 0 spiro atoms. The maximum atomic E-state index is 13.6. The minimum Gasteiger partial charge on any atom is -0.454 e. The van der Waals surface area contributed by atoms with Gasteiger partial charge in [-0.2, -0.15) is 0 Å². The molecule has 3 aromatic carbocycles. The van der Waals surface area contributed by atoms with Crippen LogP contribution in [0.5, 0.6) is 11.5 Å². The first-order chi connectivity index (χ1) is 17.5. The summed E-state index contributed by atoms with van der Waals surface area (Å²) in [6, 6.07) is 20.5. The molecule has 3 heterocycles. The molecule has 1 aliphatic rings. The second-order valence-electron chi connectivity index (χ2n) is 8.45. The van der Waals surface area contributed by atoms with Crippen LogP contribution in [0, 0.1) is 6.92 Å². The van der Waals surface area contributed by atoms with Gasteiger partial charge in [-0.15, -0.1) is 0 Å². The van der Waals surface area contributed by atoms with E-state index in [4.69, 9.17) is 18.9 Å². The van der Waals surface area contributed by atoms with Crippen molar-refractivity contribution in [2.75, 3.05) is 17.9 Å². The molecule has 0 saturated heterocycles. The number of nitrogens with zero attached hydrogens (tertiary/aromatic N) is 2. The summed E-state index contributed by atoms with van der Waals surface area (Å²) >= 11 is 1.21. The fourth-order valence-electron chi connectivity index (χ4n) is 4.09. The number of carbonyl (C=O) groups excluding carboxylic acids is 1. The molecule has 180 valence electrons. The van der Waals surface area contributed by atoms with E-state index in [0.717, 1.165) is 16.5 Å². The lowest BCUT2D eigenvalue weighted by atomic mass is 10.2. The van der Waals surface area contributed by atoms with E-state index in [1.54, 1.807) is 6.07 Å². The molecule has 0 radical (unpaired) electrons. The summed E-state index contributed by atoms with van der Waals surface area (Å²) < 4.78 is 18.3. The Morgan fingerprint density at radius 3 is 2.72 bits per heavy atom. The number of amides is 1. The summed E-state index contributed by atoms with van der Waals surface area (Å²) in [6.45, 7) is 2.39. The molecule has 9 heteroatoms. The molecule has 2 aromatic heterocycles. The van der Waals surface area contributed by atoms with Crippen LogP contribution in [0.15, 0.2) is 81.1 Å². The van der Waals surface area contributed by atoms with Crippen LogP contribution in [0.25, 0.3) is 22.1 Å². The number of hydrogen-bond acceptors (Lipinski definition) is 7. The normalized spacial score (nSPS) is 12.4. The highest BCUT2D eigenvalue weighted by atomic mass is 32.2. The third kappa shape index (κ3) is 4.18. The number of benzene rings is 3. The van der Waals surface area contributed by atoms with E-state index in [2.05, 4.69) is 5.32 Å². The Kier molecular flexibility index (Phi) is 5.61. The third-order valence-corrected chi connectivity index (χ3v) is 6.87. The first-order valence-electron chi connectivity index (χ1n) is 11.3. The predicted octanol–water partition coefficient (Wildman–Crippen LogP) is 4.96. The Balaban J connectivity index is 1.35. The zero-order valence-corrected chi connectivity index (χ0v) is 20.1. The number of rotatable bonds is 6. The van der Waals surface area contributed by atoms with Crippen LogP contribution >= 0.6 is 11.8 Å². The van der Waals surface area contributed by atoms with Crippen LogP contribution in [0.3, 0.4) is 0 Å². The smallest absolute Gasteiger partial charge is 0.298 e. The average molecular weight is 500 g/mol. The van der Waals surface area contributed by atoms with Crippen LogP contribution in [-0.4, -0.2) is 28.0 Å². The van der Waals surface area contributed by atoms with Gasteiger partial charge in [-0.05, 0) is 48.9 Å². The topological polar surface area (TPSA) is 95.6 Å². The van der Waals surface area contributed by atoms with Gasteiger partial charge in [0, 0.05) is 11.1 Å². The molecule has 0 fully saturated rings. The molecule has 36 heavy (non-hydrogen) atoms. The van der Waals surface area contributed by atoms with Crippen molar-refractivity contribution < 1.29 is 18.7 Å². The van der Waals surface area contributed by atoms with Gasteiger partial charge in [-0.3, -0.25) is 14.2 Å². The Labute approximate surface area is 209 Å². The van der Waals surface area contributed by atoms with Gasteiger partial charge in [0.05, 0.1) is 12.3 Å². The molecular formula is C27H21N3O5S. The van der Waals surface area contributed by atoms with Crippen molar-refractivity contribution in [2.45, 2.75) is 18.6 Å². The van der Waals surface area contributed by atoms with Crippen molar-refractivity contribution in [3.8, 4) is 11.5 Å². The lowest BCUT2D eigenvalue weighted by Gasteiger charge is -2.12. The van der Waals surface area contributed by atoms with Gasteiger partial charge >= 0.3 is 0 Å². The summed E-state index contributed by atoms with van der Waals surface area (Å²) in [6.07, 6.45) is 0. The molecule has 1 aliphatic heterocycles. The molecule has 0 aliphatic carbocycles. The van der Waals surface area contributed by atoms with Crippen molar-refractivity contribution >= 4 is 45.4 Å². The van der Waals surface area contributed by atoms with Crippen molar-refractivity contribution in [1.82, 2.24) is 9.55 Å². The van der Waals surface area contributed by atoms with E-state index in [0.29, 0.717) is 33.4 Å². The fraction of sp³-hybridized carbons (Fsp3) is 0.148. The minimum atomic E-state index is -0.310. The molecule has 8 nitrogen and oxygen atoms in total. The minimum absolute atomic E-state index is 0.0861. The molecule has 0 saturated carbocycles. The van der Waals surface area contributed by atoms with E-state index < -0.39 is 0 Å². The zero-order valence-electron chi connectivity index (χ0n) is 19.3. The van der Waals surface area contributed by atoms with E-state index in [-0.39, 0.29) is 36.1 Å². The number of furan rings is 1. The summed E-state index contributed by atoms with van der Waals surface area (Å²) in [4.78, 5) is 31.0. The van der Waals surface area contributed by atoms with E-state index >= 15 is 0 Å². The number of aryl methyl sites for hydroxylation is 1. The first-order valence-corrected chi connectivity index (χ1v) is 12.3. The van der Waals surface area contributed by atoms with Gasteiger partial charge in [0.2, 0.25) is 18.3 Å². The van der Waals surface area contributed by atoms with Crippen molar-refractivity contribution in [3.05, 3.63) is 88.2 Å².